The van der Waals surface area contributed by atoms with Gasteiger partial charge in [-0.25, -0.2) is 13.6 Å². The van der Waals surface area contributed by atoms with E-state index in [1.54, 1.807) is 6.07 Å². The second-order valence-corrected chi connectivity index (χ2v) is 7.78. The van der Waals surface area contributed by atoms with Gasteiger partial charge in [0.15, 0.2) is 0 Å². The maximum atomic E-state index is 11.8. The summed E-state index contributed by atoms with van der Waals surface area (Å²) < 4.78 is 22.4. The Labute approximate surface area is 122 Å². The van der Waals surface area contributed by atoms with E-state index in [2.05, 4.69) is 11.4 Å². The highest BCUT2D eigenvalue weighted by atomic mass is 32.2. The lowest BCUT2D eigenvalue weighted by Crippen LogP contribution is -2.22. The Bertz CT molecular complexity index is 617. The summed E-state index contributed by atoms with van der Waals surface area (Å²) in [5.41, 5.74) is 1.20. The van der Waals surface area contributed by atoms with Gasteiger partial charge in [-0.05, 0) is 37.8 Å². The molecule has 1 heterocycles. The van der Waals surface area contributed by atoms with E-state index in [-0.39, 0.29) is 10.1 Å². The van der Waals surface area contributed by atoms with Crippen LogP contribution in [0.2, 0.25) is 0 Å². The van der Waals surface area contributed by atoms with Crippen molar-refractivity contribution in [3.05, 3.63) is 28.7 Å². The molecule has 7 heteroatoms. The molecule has 0 saturated heterocycles. The molecule has 0 spiro atoms. The molecule has 2 rings (SSSR count). The highest BCUT2D eigenvalue weighted by Crippen LogP contribution is 2.21. The number of amides is 1. The summed E-state index contributed by atoms with van der Waals surface area (Å²) in [6.07, 6.45) is 7.01. The number of nitrogens with one attached hydrogen (secondary N) is 1. The molecule has 0 aromatic carbocycles. The van der Waals surface area contributed by atoms with E-state index in [0.717, 1.165) is 35.5 Å². The predicted octanol–water partition coefficient (Wildman–Crippen LogP) is 1.90. The number of hydrogen-bond donors (Lipinski definition) is 2. The molecule has 5 nitrogen and oxygen atoms in total. The summed E-state index contributed by atoms with van der Waals surface area (Å²) in [6, 6.07) is 3.13. The molecule has 1 aromatic heterocycles. The summed E-state index contributed by atoms with van der Waals surface area (Å²) in [6.45, 7) is 0.340. The fourth-order valence-corrected chi connectivity index (χ4v) is 3.84. The van der Waals surface area contributed by atoms with Crippen LogP contribution >= 0.6 is 11.3 Å². The second-order valence-electron chi connectivity index (χ2n) is 4.83. The van der Waals surface area contributed by atoms with Gasteiger partial charge in [-0.3, -0.25) is 4.79 Å². The van der Waals surface area contributed by atoms with Crippen LogP contribution in [0.15, 0.2) is 28.0 Å². The largest absolute Gasteiger partial charge is 0.351 e. The summed E-state index contributed by atoms with van der Waals surface area (Å²) in [4.78, 5) is 12.6. The van der Waals surface area contributed by atoms with Gasteiger partial charge in [-0.1, -0.05) is 11.6 Å². The van der Waals surface area contributed by atoms with Crippen molar-refractivity contribution in [2.75, 3.05) is 0 Å². The minimum absolute atomic E-state index is 0.0243. The summed E-state index contributed by atoms with van der Waals surface area (Å²) in [5, 5.41) is 7.84. The van der Waals surface area contributed by atoms with Crippen LogP contribution in [-0.4, -0.2) is 14.3 Å². The lowest BCUT2D eigenvalue weighted by Gasteiger charge is -2.12. The molecule has 1 aliphatic rings. The van der Waals surface area contributed by atoms with Crippen molar-refractivity contribution >= 4 is 27.3 Å². The van der Waals surface area contributed by atoms with Crippen LogP contribution < -0.4 is 10.5 Å². The summed E-state index contributed by atoms with van der Waals surface area (Å²) in [7, 11) is -3.65. The van der Waals surface area contributed by atoms with Gasteiger partial charge >= 0.3 is 0 Å². The quantitative estimate of drug-likeness (QED) is 0.813. The van der Waals surface area contributed by atoms with Gasteiger partial charge in [-0.2, -0.15) is 0 Å². The predicted molar refractivity (Wildman–Crippen MR) is 78.7 cm³/mol. The first-order valence-corrected chi connectivity index (χ1v) is 8.87. The molecule has 20 heavy (non-hydrogen) atoms. The Hall–Kier alpha value is -1.18. The van der Waals surface area contributed by atoms with E-state index in [1.165, 1.54) is 18.1 Å². The lowest BCUT2D eigenvalue weighted by atomic mass is 9.97. The Morgan fingerprint density at radius 3 is 2.75 bits per heavy atom. The molecule has 0 atom stereocenters. The molecule has 0 aliphatic heterocycles. The molecule has 1 aliphatic carbocycles. The highest BCUT2D eigenvalue weighted by molar-refractivity contribution is 7.91. The zero-order valence-corrected chi connectivity index (χ0v) is 12.7. The van der Waals surface area contributed by atoms with E-state index in [9.17, 15) is 13.2 Å². The molecule has 0 saturated carbocycles. The number of hydrogen-bond acceptors (Lipinski definition) is 4. The van der Waals surface area contributed by atoms with Gasteiger partial charge in [0.25, 0.3) is 0 Å². The first-order chi connectivity index (χ1) is 9.45. The van der Waals surface area contributed by atoms with Crippen LogP contribution in [-0.2, 0) is 21.4 Å². The zero-order valence-electron chi connectivity index (χ0n) is 11.1. The molecular weight excluding hydrogens is 296 g/mol. The van der Waals surface area contributed by atoms with Crippen LogP contribution in [0.4, 0.5) is 0 Å². The van der Waals surface area contributed by atoms with Crippen molar-refractivity contribution in [2.45, 2.75) is 42.9 Å². The molecule has 0 unspecified atom stereocenters. The highest BCUT2D eigenvalue weighted by Gasteiger charge is 2.12. The fourth-order valence-electron chi connectivity index (χ4n) is 2.13. The van der Waals surface area contributed by atoms with Crippen molar-refractivity contribution in [3.63, 3.8) is 0 Å². The van der Waals surface area contributed by atoms with Crippen molar-refractivity contribution < 1.29 is 13.2 Å². The Kier molecular flexibility index (Phi) is 4.95. The molecule has 3 N–H and O–H groups in total. The van der Waals surface area contributed by atoms with Gasteiger partial charge in [0, 0.05) is 11.3 Å². The summed E-state index contributed by atoms with van der Waals surface area (Å²) in [5.74, 6) is -0.0243. The first kappa shape index (κ1) is 15.2. The van der Waals surface area contributed by atoms with Gasteiger partial charge in [0.2, 0.25) is 15.9 Å². The van der Waals surface area contributed by atoms with E-state index >= 15 is 0 Å². The normalized spacial score (nSPS) is 15.8. The molecule has 0 bridgehead atoms. The van der Waals surface area contributed by atoms with Crippen molar-refractivity contribution in [1.29, 1.82) is 0 Å². The van der Waals surface area contributed by atoms with Crippen LogP contribution in [0.25, 0.3) is 0 Å². The Balaban J connectivity index is 1.84. The maximum Gasteiger partial charge on any atom is 0.247 e. The number of thiophene rings is 1. The standard InChI is InChI=1S/C13H18N2O3S2/c14-20(17,18)13-7-6-11(19-13)9-15-12(16)8-10-4-2-1-3-5-10/h4,6-7H,1-3,5,8-9H2,(H,15,16)(H2,14,17,18). The minimum atomic E-state index is -3.65. The Morgan fingerprint density at radius 2 is 2.15 bits per heavy atom. The van der Waals surface area contributed by atoms with Crippen molar-refractivity contribution in [3.8, 4) is 0 Å². The van der Waals surface area contributed by atoms with Crippen molar-refractivity contribution in [2.24, 2.45) is 5.14 Å². The fraction of sp³-hybridized carbons (Fsp3) is 0.462. The van der Waals surface area contributed by atoms with Crippen LogP contribution in [0.1, 0.15) is 37.0 Å². The number of sulfonamides is 1. The average Bonchev–Trinajstić information content (AvgIpc) is 2.86. The first-order valence-electron chi connectivity index (χ1n) is 6.51. The molecule has 0 radical (unpaired) electrons. The van der Waals surface area contributed by atoms with Crippen LogP contribution in [0.3, 0.4) is 0 Å². The van der Waals surface area contributed by atoms with Gasteiger partial charge in [-0.15, -0.1) is 11.3 Å². The topological polar surface area (TPSA) is 89.3 Å². The number of allylic oxidation sites excluding steroid dienone is 1. The van der Waals surface area contributed by atoms with Gasteiger partial charge in [0.05, 0.1) is 6.54 Å². The average molecular weight is 314 g/mol. The number of primary sulfonamides is 1. The smallest absolute Gasteiger partial charge is 0.247 e. The number of carbonyl (C=O) groups excluding carboxylic acids is 1. The monoisotopic (exact) mass is 314 g/mol. The number of carbonyl (C=O) groups is 1. The minimum Gasteiger partial charge on any atom is -0.351 e. The second kappa shape index (κ2) is 6.51. The van der Waals surface area contributed by atoms with E-state index in [4.69, 9.17) is 5.14 Å². The SMILES string of the molecule is NS(=O)(=O)c1ccc(CNC(=O)CC2=CCCCC2)s1. The van der Waals surface area contributed by atoms with Crippen LogP contribution in [0.5, 0.6) is 0 Å². The third-order valence-corrected chi connectivity index (χ3v) is 5.67. The third-order valence-electron chi connectivity index (χ3n) is 3.15. The number of rotatable bonds is 5. The molecule has 110 valence electrons. The molecule has 1 amide bonds. The summed E-state index contributed by atoms with van der Waals surface area (Å²) >= 11 is 1.09. The number of nitrogens with two attached hydrogens (primary N) is 1. The van der Waals surface area contributed by atoms with Gasteiger partial charge in [0.1, 0.15) is 4.21 Å². The zero-order chi connectivity index (χ0) is 14.6. The van der Waals surface area contributed by atoms with E-state index < -0.39 is 10.0 Å². The molecule has 1 aromatic rings. The Morgan fingerprint density at radius 1 is 1.35 bits per heavy atom. The van der Waals surface area contributed by atoms with E-state index in [1.807, 2.05) is 0 Å². The molecule has 0 fully saturated rings. The van der Waals surface area contributed by atoms with E-state index in [0.29, 0.717) is 13.0 Å². The third kappa shape index (κ3) is 4.43. The van der Waals surface area contributed by atoms with Gasteiger partial charge < -0.3 is 5.32 Å². The van der Waals surface area contributed by atoms with Crippen molar-refractivity contribution in [1.82, 2.24) is 5.32 Å². The molecular formula is C13H18N2O3S2. The van der Waals surface area contributed by atoms with Crippen LogP contribution in [0, 0.1) is 0 Å². The lowest BCUT2D eigenvalue weighted by molar-refractivity contribution is -0.120. The maximum absolute atomic E-state index is 11.8.